The number of carbonyl (C=O) groups is 2. The number of hydrogen-bond acceptors (Lipinski definition) is 6. The minimum absolute atomic E-state index is 0.0123. The maximum absolute atomic E-state index is 14.3. The molecule has 0 saturated heterocycles. The van der Waals surface area contributed by atoms with Gasteiger partial charge in [0.2, 0.25) is 0 Å². The molecule has 1 aliphatic heterocycles. The van der Waals surface area contributed by atoms with E-state index in [1.54, 1.807) is 35.4 Å². The normalized spacial score (nSPS) is 14.5. The predicted octanol–water partition coefficient (Wildman–Crippen LogP) is 6.05. The SMILES string of the molecule is Cc1cc(C(=O)N2Cc3c(C(=O)NCc4ccccc4-c4ccncn4)n(-c4ccc5c(cnn5CC(F)(F)F)c4)c(=O)n3C[C@H]2C)ccc1Br. The third-order valence-electron chi connectivity index (χ3n) is 8.95. The molecule has 1 aliphatic rings. The van der Waals surface area contributed by atoms with Crippen LogP contribution in [0.25, 0.3) is 27.8 Å². The maximum Gasteiger partial charge on any atom is 0.408 e. The number of alkyl halides is 3. The van der Waals surface area contributed by atoms with Crippen LogP contribution in [0.3, 0.4) is 0 Å². The first-order valence-electron chi connectivity index (χ1n) is 16.0. The number of fused-ring (bicyclic) bond motifs is 2. The highest BCUT2D eigenvalue weighted by Crippen LogP contribution is 2.28. The number of aryl methyl sites for hydroxylation is 1. The Morgan fingerprint density at radius 1 is 1.06 bits per heavy atom. The third-order valence-corrected chi connectivity index (χ3v) is 9.84. The van der Waals surface area contributed by atoms with Gasteiger partial charge in [-0.05, 0) is 67.4 Å². The lowest BCUT2D eigenvalue weighted by Gasteiger charge is -2.34. The molecule has 7 rings (SSSR count). The molecule has 51 heavy (non-hydrogen) atoms. The van der Waals surface area contributed by atoms with Gasteiger partial charge in [0.05, 0.1) is 35.3 Å². The summed E-state index contributed by atoms with van der Waals surface area (Å²) in [7, 11) is 0. The van der Waals surface area contributed by atoms with Crippen molar-refractivity contribution in [2.24, 2.45) is 0 Å². The molecular weight excluding hydrogens is 729 g/mol. The summed E-state index contributed by atoms with van der Waals surface area (Å²) in [4.78, 5) is 52.4. The van der Waals surface area contributed by atoms with Gasteiger partial charge < -0.3 is 10.2 Å². The molecule has 15 heteroatoms. The van der Waals surface area contributed by atoms with Gasteiger partial charge in [-0.3, -0.25) is 23.4 Å². The number of nitrogens with one attached hydrogen (secondary N) is 1. The van der Waals surface area contributed by atoms with Gasteiger partial charge in [-0.1, -0.05) is 40.2 Å². The molecule has 1 N–H and O–H groups in total. The van der Waals surface area contributed by atoms with Crippen molar-refractivity contribution in [3.05, 3.63) is 128 Å². The third kappa shape index (κ3) is 6.56. The number of nitrogens with zero attached hydrogens (tertiary/aromatic N) is 7. The Morgan fingerprint density at radius 3 is 2.61 bits per heavy atom. The van der Waals surface area contributed by atoms with Crippen LogP contribution in [-0.4, -0.2) is 57.8 Å². The van der Waals surface area contributed by atoms with E-state index in [-0.39, 0.29) is 42.4 Å². The lowest BCUT2D eigenvalue weighted by Crippen LogP contribution is -2.47. The molecule has 0 bridgehead atoms. The second kappa shape index (κ2) is 13.3. The number of carbonyl (C=O) groups excluding carboxylic acids is 2. The summed E-state index contributed by atoms with van der Waals surface area (Å²) in [6.45, 7) is 2.60. The lowest BCUT2D eigenvalue weighted by atomic mass is 10.0. The highest BCUT2D eigenvalue weighted by Gasteiger charge is 2.36. The molecule has 4 heterocycles. The van der Waals surface area contributed by atoms with E-state index >= 15 is 0 Å². The minimum atomic E-state index is -4.48. The van der Waals surface area contributed by atoms with Crippen molar-refractivity contribution in [3.63, 3.8) is 0 Å². The quantitative estimate of drug-likeness (QED) is 0.212. The van der Waals surface area contributed by atoms with Crippen LogP contribution < -0.4 is 11.0 Å². The van der Waals surface area contributed by atoms with Gasteiger partial charge in [0.25, 0.3) is 11.8 Å². The summed E-state index contributed by atoms with van der Waals surface area (Å²) in [5.41, 5.74) is 3.87. The van der Waals surface area contributed by atoms with E-state index in [9.17, 15) is 27.6 Å². The number of rotatable bonds is 7. The Morgan fingerprint density at radius 2 is 1.86 bits per heavy atom. The van der Waals surface area contributed by atoms with Crippen molar-refractivity contribution in [2.75, 3.05) is 0 Å². The van der Waals surface area contributed by atoms with Gasteiger partial charge in [0.1, 0.15) is 18.6 Å². The first-order valence-corrected chi connectivity index (χ1v) is 16.8. The summed E-state index contributed by atoms with van der Waals surface area (Å²) in [5, 5.41) is 7.22. The summed E-state index contributed by atoms with van der Waals surface area (Å²) in [6, 6.07) is 18.5. The molecule has 1 atom stereocenters. The molecule has 0 radical (unpaired) electrons. The first-order chi connectivity index (χ1) is 24.4. The molecule has 0 unspecified atom stereocenters. The molecule has 0 aliphatic carbocycles. The zero-order valence-electron chi connectivity index (χ0n) is 27.4. The molecule has 0 spiro atoms. The predicted molar refractivity (Wildman–Crippen MR) is 186 cm³/mol. The van der Waals surface area contributed by atoms with Crippen LogP contribution in [0.2, 0.25) is 0 Å². The Balaban J connectivity index is 1.30. The summed E-state index contributed by atoms with van der Waals surface area (Å²) < 4.78 is 44.1. The Labute approximate surface area is 297 Å². The fraction of sp³-hybridized carbons (Fsp3) is 0.222. The molecule has 0 saturated carbocycles. The van der Waals surface area contributed by atoms with Crippen LogP contribution in [0.15, 0.2) is 94.7 Å². The Bertz CT molecular complexity index is 2370. The second-order valence-corrected chi connectivity index (χ2v) is 13.2. The molecule has 260 valence electrons. The molecule has 6 aromatic rings. The molecule has 3 aromatic heterocycles. The van der Waals surface area contributed by atoms with Crippen molar-refractivity contribution in [1.82, 2.24) is 39.1 Å². The van der Waals surface area contributed by atoms with Crippen molar-refractivity contribution < 1.29 is 22.8 Å². The molecular formula is C36H30BrF3N8O3. The Hall–Kier alpha value is -5.57. The van der Waals surface area contributed by atoms with E-state index in [2.05, 4.69) is 36.3 Å². The van der Waals surface area contributed by atoms with Crippen molar-refractivity contribution in [2.45, 2.75) is 52.2 Å². The largest absolute Gasteiger partial charge is 0.408 e. The van der Waals surface area contributed by atoms with Crippen LogP contribution in [0.5, 0.6) is 0 Å². The van der Waals surface area contributed by atoms with Crippen LogP contribution in [-0.2, 0) is 26.2 Å². The summed E-state index contributed by atoms with van der Waals surface area (Å²) in [5.74, 6) is -0.833. The highest BCUT2D eigenvalue weighted by molar-refractivity contribution is 9.10. The number of imidazole rings is 1. The summed E-state index contributed by atoms with van der Waals surface area (Å²) >= 11 is 3.47. The second-order valence-electron chi connectivity index (χ2n) is 12.4. The van der Waals surface area contributed by atoms with Gasteiger partial charge in [-0.25, -0.2) is 14.8 Å². The molecule has 11 nitrogen and oxygen atoms in total. The Kier molecular flexibility index (Phi) is 8.83. The van der Waals surface area contributed by atoms with Gasteiger partial charge in [0, 0.05) is 46.3 Å². The van der Waals surface area contributed by atoms with Gasteiger partial charge in [-0.2, -0.15) is 18.3 Å². The maximum atomic E-state index is 14.3. The fourth-order valence-electron chi connectivity index (χ4n) is 6.45. The van der Waals surface area contributed by atoms with Crippen molar-refractivity contribution in [1.29, 1.82) is 0 Å². The summed E-state index contributed by atoms with van der Waals surface area (Å²) in [6.07, 6.45) is -0.137. The number of hydrogen-bond donors (Lipinski definition) is 1. The smallest absolute Gasteiger partial charge is 0.347 e. The molecule has 2 amide bonds. The number of amides is 2. The first kappa shape index (κ1) is 33.9. The lowest BCUT2D eigenvalue weighted by molar-refractivity contribution is -0.141. The van der Waals surface area contributed by atoms with Gasteiger partial charge >= 0.3 is 11.9 Å². The van der Waals surface area contributed by atoms with E-state index in [0.29, 0.717) is 22.3 Å². The monoisotopic (exact) mass is 758 g/mol. The molecule has 0 fully saturated rings. The van der Waals surface area contributed by atoms with Crippen LogP contribution in [0.4, 0.5) is 13.2 Å². The van der Waals surface area contributed by atoms with Crippen LogP contribution in [0, 0.1) is 6.92 Å². The minimum Gasteiger partial charge on any atom is -0.347 e. The number of benzene rings is 3. The average Bonchev–Trinajstić information content (AvgIpc) is 3.64. The zero-order chi connectivity index (χ0) is 36.0. The van der Waals surface area contributed by atoms with Crippen molar-refractivity contribution >= 4 is 38.6 Å². The molecule has 3 aromatic carbocycles. The number of halogens is 4. The van der Waals surface area contributed by atoms with Crippen molar-refractivity contribution in [3.8, 4) is 16.9 Å². The van der Waals surface area contributed by atoms with E-state index in [1.807, 2.05) is 38.1 Å². The standard InChI is InChI=1S/C36H30BrF3N8O3/c1-21-13-23(7-9-28(21)37)34(50)45-18-31-32(33(49)42-15-24-5-3-4-6-27(24)29-11-12-41-20-43-29)48(35(51)46(31)17-22(45)2)26-8-10-30-25(14-26)16-44-47(30)19-36(38,39)40/h3-14,16,20,22H,15,17-19H2,1-2H3,(H,42,49)/t22-/m1/s1. The topological polar surface area (TPSA) is 120 Å². The van der Waals surface area contributed by atoms with Gasteiger partial charge in [-0.15, -0.1) is 0 Å². The van der Waals surface area contributed by atoms with Gasteiger partial charge in [0.15, 0.2) is 0 Å². The number of aromatic nitrogens is 6. The van der Waals surface area contributed by atoms with E-state index in [4.69, 9.17) is 0 Å². The van der Waals surface area contributed by atoms with Crippen LogP contribution >= 0.6 is 15.9 Å². The van der Waals surface area contributed by atoms with E-state index < -0.39 is 30.4 Å². The van der Waals surface area contributed by atoms with E-state index in [1.165, 1.54) is 39.9 Å². The zero-order valence-corrected chi connectivity index (χ0v) is 28.9. The fourth-order valence-corrected chi connectivity index (χ4v) is 6.69. The van der Waals surface area contributed by atoms with E-state index in [0.717, 1.165) is 25.8 Å². The van der Waals surface area contributed by atoms with Crippen LogP contribution in [0.1, 0.15) is 44.6 Å². The highest BCUT2D eigenvalue weighted by atomic mass is 79.9. The average molecular weight is 760 g/mol.